The highest BCUT2D eigenvalue weighted by Crippen LogP contribution is 2.31. The fraction of sp³-hybridized carbons (Fsp3) is 0.400. The van der Waals surface area contributed by atoms with Crippen LogP contribution in [-0.2, 0) is 0 Å². The van der Waals surface area contributed by atoms with Crippen molar-refractivity contribution in [2.75, 3.05) is 37.6 Å². The van der Waals surface area contributed by atoms with Crippen LogP contribution in [0.5, 0.6) is 0 Å². The summed E-state index contributed by atoms with van der Waals surface area (Å²) in [6.07, 6.45) is 0. The topological polar surface area (TPSA) is 6.48 Å². The van der Waals surface area contributed by atoms with E-state index in [9.17, 15) is 0 Å². The molecule has 116 valence electrons. The smallest absolute Gasteiger partial charge is 0.0446 e. The van der Waals surface area contributed by atoms with E-state index in [-0.39, 0.29) is 0 Å². The standard InChI is InChI=1S/C20H26N2/c1-17(2)16-21-12-14-22(15-13-21)20-11-7-6-10-19(20)18-8-4-3-5-9-18/h3-11,17H,12-16H2,1-2H3. The molecule has 22 heavy (non-hydrogen) atoms. The molecule has 2 aromatic carbocycles. The summed E-state index contributed by atoms with van der Waals surface area (Å²) >= 11 is 0. The Labute approximate surface area is 134 Å². The Morgan fingerprint density at radius 1 is 0.818 bits per heavy atom. The quantitative estimate of drug-likeness (QED) is 0.836. The van der Waals surface area contributed by atoms with Gasteiger partial charge in [-0.2, -0.15) is 0 Å². The number of benzene rings is 2. The molecule has 1 aliphatic heterocycles. The van der Waals surface area contributed by atoms with Crippen LogP contribution in [0.1, 0.15) is 13.8 Å². The maximum atomic E-state index is 2.59. The van der Waals surface area contributed by atoms with Gasteiger partial charge in [0.1, 0.15) is 0 Å². The number of nitrogens with zero attached hydrogens (tertiary/aromatic N) is 2. The van der Waals surface area contributed by atoms with Crippen LogP contribution in [0.2, 0.25) is 0 Å². The Morgan fingerprint density at radius 3 is 2.14 bits per heavy atom. The average molecular weight is 294 g/mol. The summed E-state index contributed by atoms with van der Waals surface area (Å²) in [5.74, 6) is 0.753. The Bertz CT molecular complexity index is 584. The Hall–Kier alpha value is -1.80. The maximum absolute atomic E-state index is 2.59. The number of anilines is 1. The first-order chi connectivity index (χ1) is 10.7. The van der Waals surface area contributed by atoms with Crippen LogP contribution in [0, 0.1) is 5.92 Å². The van der Waals surface area contributed by atoms with Crippen molar-refractivity contribution in [3.05, 3.63) is 54.6 Å². The monoisotopic (exact) mass is 294 g/mol. The van der Waals surface area contributed by atoms with Crippen molar-refractivity contribution >= 4 is 5.69 Å². The Kier molecular flexibility index (Phi) is 4.79. The van der Waals surface area contributed by atoms with Gasteiger partial charge >= 0.3 is 0 Å². The van der Waals surface area contributed by atoms with Gasteiger partial charge in [-0.25, -0.2) is 0 Å². The summed E-state index contributed by atoms with van der Waals surface area (Å²) in [7, 11) is 0. The molecule has 0 radical (unpaired) electrons. The van der Waals surface area contributed by atoms with E-state index in [1.807, 2.05) is 0 Å². The van der Waals surface area contributed by atoms with Gasteiger partial charge in [-0.05, 0) is 17.5 Å². The van der Waals surface area contributed by atoms with Crippen LogP contribution in [0.3, 0.4) is 0 Å². The molecule has 2 heteroatoms. The third kappa shape index (κ3) is 3.50. The molecule has 1 heterocycles. The second kappa shape index (κ2) is 6.97. The largest absolute Gasteiger partial charge is 0.368 e. The van der Waals surface area contributed by atoms with E-state index in [4.69, 9.17) is 0 Å². The highest BCUT2D eigenvalue weighted by atomic mass is 15.3. The molecule has 1 fully saturated rings. The minimum atomic E-state index is 0.753. The zero-order chi connectivity index (χ0) is 15.4. The van der Waals surface area contributed by atoms with Crippen molar-refractivity contribution < 1.29 is 0 Å². The van der Waals surface area contributed by atoms with E-state index in [1.54, 1.807) is 0 Å². The Balaban J connectivity index is 1.77. The van der Waals surface area contributed by atoms with Gasteiger partial charge in [-0.3, -0.25) is 4.90 Å². The van der Waals surface area contributed by atoms with Crippen molar-refractivity contribution in [2.45, 2.75) is 13.8 Å². The molecule has 2 nitrogen and oxygen atoms in total. The van der Waals surface area contributed by atoms with Crippen LogP contribution in [0.15, 0.2) is 54.6 Å². The van der Waals surface area contributed by atoms with Gasteiger partial charge < -0.3 is 4.90 Å². The first-order valence-corrected chi connectivity index (χ1v) is 8.36. The van der Waals surface area contributed by atoms with Gasteiger partial charge in [0.05, 0.1) is 0 Å². The minimum Gasteiger partial charge on any atom is -0.368 e. The van der Waals surface area contributed by atoms with Crippen molar-refractivity contribution in [3.63, 3.8) is 0 Å². The Morgan fingerprint density at radius 2 is 1.45 bits per heavy atom. The second-order valence-electron chi connectivity index (χ2n) is 6.56. The number of para-hydroxylation sites is 1. The van der Waals surface area contributed by atoms with E-state index in [0.29, 0.717) is 0 Å². The first-order valence-electron chi connectivity index (χ1n) is 8.36. The lowest BCUT2D eigenvalue weighted by Gasteiger charge is -2.37. The summed E-state index contributed by atoms with van der Waals surface area (Å²) in [5.41, 5.74) is 4.03. The highest BCUT2D eigenvalue weighted by Gasteiger charge is 2.19. The van der Waals surface area contributed by atoms with Gasteiger partial charge in [0.15, 0.2) is 0 Å². The molecule has 0 N–H and O–H groups in total. The molecule has 0 saturated carbocycles. The highest BCUT2D eigenvalue weighted by molar-refractivity contribution is 5.78. The van der Waals surface area contributed by atoms with Crippen molar-refractivity contribution in [1.29, 1.82) is 0 Å². The number of rotatable bonds is 4. The third-order valence-electron chi connectivity index (χ3n) is 4.33. The van der Waals surface area contributed by atoms with Gasteiger partial charge in [0, 0.05) is 44.0 Å². The van der Waals surface area contributed by atoms with E-state index < -0.39 is 0 Å². The van der Waals surface area contributed by atoms with E-state index in [2.05, 4.69) is 78.2 Å². The maximum Gasteiger partial charge on any atom is 0.0446 e. The molecule has 0 unspecified atom stereocenters. The third-order valence-corrected chi connectivity index (χ3v) is 4.33. The lowest BCUT2D eigenvalue weighted by molar-refractivity contribution is 0.231. The zero-order valence-corrected chi connectivity index (χ0v) is 13.7. The molecular formula is C20H26N2. The number of piperazine rings is 1. The minimum absolute atomic E-state index is 0.753. The molecule has 0 amide bonds. The summed E-state index contributed by atoms with van der Waals surface area (Å²) in [4.78, 5) is 5.13. The SMILES string of the molecule is CC(C)CN1CCN(c2ccccc2-c2ccccc2)CC1. The molecule has 2 aromatic rings. The summed E-state index contributed by atoms with van der Waals surface area (Å²) < 4.78 is 0. The molecule has 1 aliphatic rings. The van der Waals surface area contributed by atoms with Crippen LogP contribution in [0.4, 0.5) is 5.69 Å². The molecular weight excluding hydrogens is 268 g/mol. The molecule has 0 atom stereocenters. The second-order valence-corrected chi connectivity index (χ2v) is 6.56. The molecule has 3 rings (SSSR count). The molecule has 0 spiro atoms. The van der Waals surface area contributed by atoms with E-state index in [1.165, 1.54) is 36.4 Å². The number of hydrogen-bond donors (Lipinski definition) is 0. The van der Waals surface area contributed by atoms with E-state index in [0.717, 1.165) is 19.0 Å². The molecule has 0 bridgehead atoms. The predicted octanol–water partition coefficient (Wildman–Crippen LogP) is 4.13. The van der Waals surface area contributed by atoms with Crippen molar-refractivity contribution in [3.8, 4) is 11.1 Å². The van der Waals surface area contributed by atoms with Crippen molar-refractivity contribution in [1.82, 2.24) is 4.90 Å². The lowest BCUT2D eigenvalue weighted by Crippen LogP contribution is -2.47. The fourth-order valence-corrected chi connectivity index (χ4v) is 3.30. The zero-order valence-electron chi connectivity index (χ0n) is 13.7. The fourth-order valence-electron chi connectivity index (χ4n) is 3.30. The van der Waals surface area contributed by atoms with Crippen LogP contribution in [-0.4, -0.2) is 37.6 Å². The van der Waals surface area contributed by atoms with Gasteiger partial charge in [0.25, 0.3) is 0 Å². The van der Waals surface area contributed by atoms with Gasteiger partial charge in [-0.15, -0.1) is 0 Å². The molecule has 0 aliphatic carbocycles. The molecule has 0 aromatic heterocycles. The summed E-state index contributed by atoms with van der Waals surface area (Å²) in [6.45, 7) is 10.4. The lowest BCUT2D eigenvalue weighted by atomic mass is 10.0. The molecule has 1 saturated heterocycles. The van der Waals surface area contributed by atoms with Crippen molar-refractivity contribution in [2.24, 2.45) is 5.92 Å². The van der Waals surface area contributed by atoms with Crippen LogP contribution >= 0.6 is 0 Å². The predicted molar refractivity (Wildman–Crippen MR) is 95.4 cm³/mol. The van der Waals surface area contributed by atoms with Gasteiger partial charge in [0.2, 0.25) is 0 Å². The van der Waals surface area contributed by atoms with Gasteiger partial charge in [-0.1, -0.05) is 62.4 Å². The normalized spacial score (nSPS) is 16.2. The average Bonchev–Trinajstić information content (AvgIpc) is 2.56. The van der Waals surface area contributed by atoms with Crippen LogP contribution < -0.4 is 4.90 Å². The summed E-state index contributed by atoms with van der Waals surface area (Å²) in [5, 5.41) is 0. The summed E-state index contributed by atoms with van der Waals surface area (Å²) in [6, 6.07) is 19.5. The number of hydrogen-bond acceptors (Lipinski definition) is 2. The van der Waals surface area contributed by atoms with E-state index >= 15 is 0 Å². The first kappa shape index (κ1) is 15.1. The van der Waals surface area contributed by atoms with Crippen LogP contribution in [0.25, 0.3) is 11.1 Å².